The molecule has 1 aromatic carbocycles. The van der Waals surface area contributed by atoms with Crippen molar-refractivity contribution < 1.29 is 22.7 Å². The van der Waals surface area contributed by atoms with E-state index >= 15 is 0 Å². The summed E-state index contributed by atoms with van der Waals surface area (Å²) in [4.78, 5) is 15.4. The number of ether oxygens (including phenoxy) is 1. The molecule has 2 aromatic rings. The van der Waals surface area contributed by atoms with E-state index in [1.165, 1.54) is 0 Å². The van der Waals surface area contributed by atoms with Gasteiger partial charge in [-0.2, -0.15) is 13.2 Å². The summed E-state index contributed by atoms with van der Waals surface area (Å²) in [5, 5.41) is 1.98. The zero-order chi connectivity index (χ0) is 15.0. The van der Waals surface area contributed by atoms with Crippen LogP contribution in [-0.2, 0) is 6.18 Å². The van der Waals surface area contributed by atoms with Crippen molar-refractivity contribution in [2.45, 2.75) is 12.3 Å². The maximum absolute atomic E-state index is 12.5. The molecule has 0 aliphatic carbocycles. The van der Waals surface area contributed by atoms with E-state index in [1.807, 2.05) is 6.07 Å². The Hall–Kier alpha value is -2.09. The molecule has 4 nitrogen and oxygen atoms in total. The third kappa shape index (κ3) is 2.71. The number of nitrogens with zero attached hydrogens (tertiary/aromatic N) is 1. The molecule has 0 bridgehead atoms. The molecule has 1 aliphatic heterocycles. The molecular weight excluding hydrogens is 305 g/mol. The predicted molar refractivity (Wildman–Crippen MR) is 70.8 cm³/mol. The van der Waals surface area contributed by atoms with E-state index in [0.717, 1.165) is 11.9 Å². The number of benzene rings is 1. The monoisotopic (exact) mass is 314 g/mol. The van der Waals surface area contributed by atoms with Gasteiger partial charge >= 0.3 is 6.18 Å². The van der Waals surface area contributed by atoms with Crippen LogP contribution in [0.15, 0.2) is 30.5 Å². The van der Waals surface area contributed by atoms with Crippen molar-refractivity contribution in [2.24, 2.45) is 0 Å². The van der Waals surface area contributed by atoms with Crippen molar-refractivity contribution >= 4 is 22.8 Å². The van der Waals surface area contributed by atoms with Gasteiger partial charge in [0, 0.05) is 6.20 Å². The number of carbonyl (C=O) groups is 1. The number of para-hydroxylation sites is 2. The molecule has 0 spiro atoms. The zero-order valence-corrected chi connectivity index (χ0v) is 11.3. The smallest absolute Gasteiger partial charge is 0.443 e. The molecule has 1 atom stereocenters. The fourth-order valence-electron chi connectivity index (χ4n) is 1.94. The molecule has 1 N–H and O–H groups in total. The molecule has 0 radical (unpaired) electrons. The Labute approximate surface area is 121 Å². The molecule has 8 heteroatoms. The molecule has 2 heterocycles. The normalized spacial score (nSPS) is 17.6. The molecule has 0 saturated carbocycles. The number of fused-ring (bicyclic) bond motifs is 1. The van der Waals surface area contributed by atoms with Crippen molar-refractivity contribution in [2.75, 3.05) is 11.9 Å². The average molecular weight is 314 g/mol. The Kier molecular flexibility index (Phi) is 3.32. The number of carbonyl (C=O) groups excluding carboxylic acids is 1. The van der Waals surface area contributed by atoms with E-state index in [1.54, 1.807) is 18.2 Å². The molecule has 21 heavy (non-hydrogen) atoms. The SMILES string of the molecule is O=C(c1cnc(C(F)(F)F)s1)C1CNc2ccccc2O1. The Morgan fingerprint density at radius 2 is 2.14 bits per heavy atom. The number of rotatable bonds is 2. The van der Waals surface area contributed by atoms with Crippen LogP contribution < -0.4 is 10.1 Å². The van der Waals surface area contributed by atoms with E-state index in [2.05, 4.69) is 10.3 Å². The molecule has 1 unspecified atom stereocenters. The highest BCUT2D eigenvalue weighted by Gasteiger charge is 2.36. The lowest BCUT2D eigenvalue weighted by atomic mass is 10.1. The molecular formula is C13H9F3N2O2S. The zero-order valence-electron chi connectivity index (χ0n) is 10.5. The number of nitrogens with one attached hydrogen (secondary N) is 1. The second-order valence-electron chi connectivity index (χ2n) is 4.38. The first-order valence-electron chi connectivity index (χ1n) is 6.02. The number of Topliss-reactive ketones (excluding diaryl/α,β-unsaturated/α-hetero) is 1. The van der Waals surface area contributed by atoms with Crippen LogP contribution in [0.5, 0.6) is 5.75 Å². The maximum atomic E-state index is 12.5. The summed E-state index contributed by atoms with van der Waals surface area (Å²) >= 11 is 0.329. The van der Waals surface area contributed by atoms with Crippen molar-refractivity contribution in [3.63, 3.8) is 0 Å². The number of ketones is 1. The lowest BCUT2D eigenvalue weighted by Gasteiger charge is -2.25. The van der Waals surface area contributed by atoms with Crippen LogP contribution >= 0.6 is 11.3 Å². The minimum absolute atomic E-state index is 0.0616. The number of hydrogen-bond donors (Lipinski definition) is 1. The summed E-state index contributed by atoms with van der Waals surface area (Å²) < 4.78 is 43.0. The van der Waals surface area contributed by atoms with Crippen LogP contribution in [0.25, 0.3) is 0 Å². The second-order valence-corrected chi connectivity index (χ2v) is 5.41. The lowest BCUT2D eigenvalue weighted by molar-refractivity contribution is -0.137. The van der Waals surface area contributed by atoms with Gasteiger partial charge < -0.3 is 10.1 Å². The summed E-state index contributed by atoms with van der Waals surface area (Å²) in [5.41, 5.74) is 0.752. The van der Waals surface area contributed by atoms with Gasteiger partial charge in [0.1, 0.15) is 5.75 Å². The van der Waals surface area contributed by atoms with Gasteiger partial charge in [-0.15, -0.1) is 11.3 Å². The summed E-state index contributed by atoms with van der Waals surface area (Å²) in [6, 6.07) is 7.05. The third-order valence-corrected chi connectivity index (χ3v) is 3.97. The summed E-state index contributed by atoms with van der Waals surface area (Å²) in [5.74, 6) is -0.00679. The van der Waals surface area contributed by atoms with Crippen LogP contribution in [-0.4, -0.2) is 23.4 Å². The summed E-state index contributed by atoms with van der Waals surface area (Å²) in [6.07, 6.45) is -4.46. The van der Waals surface area contributed by atoms with Gasteiger partial charge in [0.25, 0.3) is 0 Å². The first-order valence-corrected chi connectivity index (χ1v) is 6.83. The minimum atomic E-state index is -4.54. The van der Waals surface area contributed by atoms with E-state index in [0.29, 0.717) is 17.1 Å². The number of anilines is 1. The van der Waals surface area contributed by atoms with E-state index < -0.39 is 23.1 Å². The van der Waals surface area contributed by atoms with E-state index in [-0.39, 0.29) is 11.4 Å². The number of hydrogen-bond acceptors (Lipinski definition) is 5. The van der Waals surface area contributed by atoms with Gasteiger partial charge in [-0.25, -0.2) is 4.98 Å². The van der Waals surface area contributed by atoms with Gasteiger partial charge in [-0.3, -0.25) is 4.79 Å². The fraction of sp³-hybridized carbons (Fsp3) is 0.231. The second kappa shape index (κ2) is 5.03. The number of alkyl halides is 3. The molecule has 0 saturated heterocycles. The van der Waals surface area contributed by atoms with Crippen LogP contribution in [0, 0.1) is 0 Å². The number of halogens is 3. The van der Waals surface area contributed by atoms with Crippen LogP contribution in [0.2, 0.25) is 0 Å². The minimum Gasteiger partial charge on any atom is -0.478 e. The molecule has 1 aromatic heterocycles. The Bertz CT molecular complexity index is 684. The van der Waals surface area contributed by atoms with E-state index in [4.69, 9.17) is 4.74 Å². The molecule has 3 rings (SSSR count). The predicted octanol–water partition coefficient (Wildman–Crippen LogP) is 3.22. The number of thiazole rings is 1. The number of aromatic nitrogens is 1. The Morgan fingerprint density at radius 1 is 1.38 bits per heavy atom. The Morgan fingerprint density at radius 3 is 2.86 bits per heavy atom. The standard InChI is InChI=1S/C13H9F3N2O2S/c14-13(15,16)12-18-6-10(21-12)11(19)9-5-17-7-3-1-2-4-8(7)20-9/h1-4,6,9,17H,5H2. The maximum Gasteiger partial charge on any atom is 0.443 e. The van der Waals surface area contributed by atoms with Crippen molar-refractivity contribution in [3.8, 4) is 5.75 Å². The van der Waals surface area contributed by atoms with Crippen molar-refractivity contribution in [3.05, 3.63) is 40.3 Å². The topological polar surface area (TPSA) is 51.2 Å². The fourth-order valence-corrected chi connectivity index (χ4v) is 2.70. The van der Waals surface area contributed by atoms with Crippen molar-refractivity contribution in [1.82, 2.24) is 4.98 Å². The molecule has 0 fully saturated rings. The summed E-state index contributed by atoms with van der Waals surface area (Å²) in [7, 11) is 0. The third-order valence-electron chi connectivity index (χ3n) is 2.92. The summed E-state index contributed by atoms with van der Waals surface area (Å²) in [6.45, 7) is 0.203. The quantitative estimate of drug-likeness (QED) is 0.865. The molecule has 110 valence electrons. The Balaban J connectivity index is 1.79. The highest BCUT2D eigenvalue weighted by Crippen LogP contribution is 2.34. The van der Waals surface area contributed by atoms with Gasteiger partial charge in [-0.1, -0.05) is 12.1 Å². The van der Waals surface area contributed by atoms with E-state index in [9.17, 15) is 18.0 Å². The first-order chi connectivity index (χ1) is 9.95. The van der Waals surface area contributed by atoms with Gasteiger partial charge in [0.15, 0.2) is 11.1 Å². The van der Waals surface area contributed by atoms with Crippen LogP contribution in [0.4, 0.5) is 18.9 Å². The van der Waals surface area contributed by atoms with Crippen molar-refractivity contribution in [1.29, 1.82) is 0 Å². The lowest BCUT2D eigenvalue weighted by Crippen LogP contribution is -2.37. The largest absolute Gasteiger partial charge is 0.478 e. The average Bonchev–Trinajstić information content (AvgIpc) is 2.96. The van der Waals surface area contributed by atoms with Gasteiger partial charge in [0.2, 0.25) is 5.78 Å². The van der Waals surface area contributed by atoms with Crippen LogP contribution in [0.1, 0.15) is 14.7 Å². The highest BCUT2D eigenvalue weighted by atomic mass is 32.1. The van der Waals surface area contributed by atoms with Crippen LogP contribution in [0.3, 0.4) is 0 Å². The highest BCUT2D eigenvalue weighted by molar-refractivity contribution is 7.13. The van der Waals surface area contributed by atoms with Gasteiger partial charge in [-0.05, 0) is 12.1 Å². The first kappa shape index (κ1) is 13.9. The van der Waals surface area contributed by atoms with Gasteiger partial charge in [0.05, 0.1) is 17.1 Å². The molecule has 1 aliphatic rings. The molecule has 0 amide bonds.